The highest BCUT2D eigenvalue weighted by Gasteiger charge is 2.25. The zero-order valence-electron chi connectivity index (χ0n) is 12.8. The van der Waals surface area contributed by atoms with E-state index < -0.39 is 11.4 Å². The number of carbonyl (C=O) groups is 1. The van der Waals surface area contributed by atoms with Gasteiger partial charge in [-0.1, -0.05) is 17.3 Å². The highest BCUT2D eigenvalue weighted by atomic mass is 19.1. The molecule has 0 radical (unpaired) electrons. The lowest BCUT2D eigenvalue weighted by atomic mass is 10.1. The number of hydrogen-bond acceptors (Lipinski definition) is 4. The Morgan fingerprint density at radius 1 is 1.41 bits per heavy atom. The van der Waals surface area contributed by atoms with Crippen molar-refractivity contribution in [2.75, 3.05) is 13.1 Å². The van der Waals surface area contributed by atoms with Gasteiger partial charge in [-0.3, -0.25) is 4.79 Å². The molecule has 0 atom stereocenters. The van der Waals surface area contributed by atoms with Crippen molar-refractivity contribution in [3.63, 3.8) is 0 Å². The Kier molecular flexibility index (Phi) is 4.61. The molecule has 0 unspecified atom stereocenters. The second-order valence-electron chi connectivity index (χ2n) is 5.69. The fourth-order valence-electron chi connectivity index (χ4n) is 2.12. The van der Waals surface area contributed by atoms with Gasteiger partial charge in [-0.05, 0) is 32.9 Å². The monoisotopic (exact) mass is 306 g/mol. The quantitative estimate of drug-likeness (QED) is 0.922. The van der Waals surface area contributed by atoms with Crippen LogP contribution in [0.1, 0.15) is 31.3 Å². The Hall–Kier alpha value is -2.21. The average Bonchev–Trinajstić information content (AvgIpc) is 2.93. The van der Waals surface area contributed by atoms with Crippen LogP contribution >= 0.6 is 0 Å². The molecule has 0 aliphatic rings. The summed E-state index contributed by atoms with van der Waals surface area (Å²) < 4.78 is 18.8. The highest BCUT2D eigenvalue weighted by Crippen LogP contribution is 2.23. The number of hydrogen-bond donors (Lipinski definition) is 1. The van der Waals surface area contributed by atoms with Crippen molar-refractivity contribution in [2.45, 2.75) is 26.4 Å². The molecule has 1 amide bonds. The van der Waals surface area contributed by atoms with E-state index in [0.29, 0.717) is 6.54 Å². The summed E-state index contributed by atoms with van der Waals surface area (Å²) in [7, 11) is 0. The molecule has 22 heavy (non-hydrogen) atoms. The first-order valence-corrected chi connectivity index (χ1v) is 7.05. The minimum Gasteiger partial charge on any atom is -0.389 e. The molecular formula is C16H19FN2O3. The van der Waals surface area contributed by atoms with E-state index in [0.717, 1.165) is 0 Å². The first-order valence-electron chi connectivity index (χ1n) is 7.05. The normalized spacial score (nSPS) is 11.5. The first-order chi connectivity index (χ1) is 10.3. The molecule has 6 heteroatoms. The number of carbonyl (C=O) groups excluding carboxylic acids is 1. The SMILES string of the molecule is CCN(CC(C)(C)O)C(=O)c1cc(-c2ccccc2F)on1. The molecule has 0 fully saturated rings. The number of nitrogens with zero attached hydrogens (tertiary/aromatic N) is 2. The van der Waals surface area contributed by atoms with Crippen molar-refractivity contribution in [1.82, 2.24) is 10.1 Å². The van der Waals surface area contributed by atoms with Crippen LogP contribution in [0.2, 0.25) is 0 Å². The van der Waals surface area contributed by atoms with Crippen LogP contribution in [0.25, 0.3) is 11.3 Å². The molecule has 5 nitrogen and oxygen atoms in total. The minimum absolute atomic E-state index is 0.0874. The van der Waals surface area contributed by atoms with E-state index >= 15 is 0 Å². The smallest absolute Gasteiger partial charge is 0.276 e. The largest absolute Gasteiger partial charge is 0.389 e. The van der Waals surface area contributed by atoms with E-state index in [-0.39, 0.29) is 29.5 Å². The fourth-order valence-corrected chi connectivity index (χ4v) is 2.12. The predicted octanol–water partition coefficient (Wildman–Crippen LogP) is 2.71. The van der Waals surface area contributed by atoms with Crippen molar-refractivity contribution in [2.24, 2.45) is 0 Å². The molecule has 1 aromatic carbocycles. The first kappa shape index (κ1) is 16.2. The summed E-state index contributed by atoms with van der Waals surface area (Å²) in [6.45, 7) is 5.64. The summed E-state index contributed by atoms with van der Waals surface area (Å²) in [5.41, 5.74) is -0.673. The molecule has 0 saturated carbocycles. The third-order valence-electron chi connectivity index (χ3n) is 3.12. The minimum atomic E-state index is -1.01. The average molecular weight is 306 g/mol. The number of aromatic nitrogens is 1. The maximum atomic E-state index is 13.7. The predicted molar refractivity (Wildman–Crippen MR) is 79.8 cm³/mol. The van der Waals surface area contributed by atoms with Crippen LogP contribution in [0.4, 0.5) is 4.39 Å². The second kappa shape index (κ2) is 6.27. The van der Waals surface area contributed by atoms with Crippen molar-refractivity contribution >= 4 is 5.91 Å². The van der Waals surface area contributed by atoms with Gasteiger partial charge >= 0.3 is 0 Å². The van der Waals surface area contributed by atoms with Gasteiger partial charge in [0.15, 0.2) is 11.5 Å². The van der Waals surface area contributed by atoms with E-state index in [2.05, 4.69) is 5.16 Å². The Bertz CT molecular complexity index is 661. The molecule has 2 aromatic rings. The second-order valence-corrected chi connectivity index (χ2v) is 5.69. The molecule has 0 spiro atoms. The van der Waals surface area contributed by atoms with Crippen LogP contribution in [-0.4, -0.2) is 39.8 Å². The summed E-state index contributed by atoms with van der Waals surface area (Å²) in [4.78, 5) is 13.8. The van der Waals surface area contributed by atoms with Crippen molar-refractivity contribution in [3.05, 3.63) is 41.8 Å². The van der Waals surface area contributed by atoms with E-state index in [9.17, 15) is 14.3 Å². The van der Waals surface area contributed by atoms with Crippen molar-refractivity contribution in [1.29, 1.82) is 0 Å². The molecule has 0 aliphatic carbocycles. The molecule has 0 aliphatic heterocycles. The van der Waals surface area contributed by atoms with Crippen LogP contribution in [0.3, 0.4) is 0 Å². The standard InChI is InChI=1S/C16H19FN2O3/c1-4-19(10-16(2,3)21)15(20)13-9-14(22-18-13)11-7-5-6-8-12(11)17/h5-9,21H,4,10H2,1-3H3. The van der Waals surface area contributed by atoms with E-state index in [4.69, 9.17) is 4.52 Å². The maximum Gasteiger partial charge on any atom is 0.276 e. The summed E-state index contributed by atoms with van der Waals surface area (Å²) >= 11 is 0. The van der Waals surface area contributed by atoms with Gasteiger partial charge in [0, 0.05) is 19.2 Å². The van der Waals surface area contributed by atoms with Gasteiger partial charge in [-0.25, -0.2) is 4.39 Å². The van der Waals surface area contributed by atoms with E-state index in [1.165, 1.54) is 17.0 Å². The number of rotatable bonds is 5. The van der Waals surface area contributed by atoms with Crippen LogP contribution in [0, 0.1) is 5.82 Å². The van der Waals surface area contributed by atoms with Crippen molar-refractivity contribution < 1.29 is 18.8 Å². The topological polar surface area (TPSA) is 66.6 Å². The molecule has 118 valence electrons. The van der Waals surface area contributed by atoms with Crippen molar-refractivity contribution in [3.8, 4) is 11.3 Å². The zero-order valence-corrected chi connectivity index (χ0v) is 12.8. The lowest BCUT2D eigenvalue weighted by Gasteiger charge is -2.27. The molecule has 0 bridgehead atoms. The van der Waals surface area contributed by atoms with E-state index in [1.807, 2.05) is 6.92 Å². The zero-order chi connectivity index (χ0) is 16.3. The molecule has 1 heterocycles. The Morgan fingerprint density at radius 2 is 2.09 bits per heavy atom. The summed E-state index contributed by atoms with van der Waals surface area (Å²) in [5.74, 6) is -0.613. The molecule has 0 saturated heterocycles. The van der Waals surface area contributed by atoms with Gasteiger partial charge in [0.1, 0.15) is 5.82 Å². The van der Waals surface area contributed by atoms with Gasteiger partial charge < -0.3 is 14.5 Å². The number of amides is 1. The molecule has 1 aromatic heterocycles. The van der Waals surface area contributed by atoms with Gasteiger partial charge in [0.25, 0.3) is 5.91 Å². The lowest BCUT2D eigenvalue weighted by Crippen LogP contribution is -2.42. The number of benzene rings is 1. The lowest BCUT2D eigenvalue weighted by molar-refractivity contribution is 0.0309. The Balaban J connectivity index is 2.24. The van der Waals surface area contributed by atoms with Crippen LogP contribution < -0.4 is 0 Å². The maximum absolute atomic E-state index is 13.7. The van der Waals surface area contributed by atoms with E-state index in [1.54, 1.807) is 32.0 Å². The van der Waals surface area contributed by atoms with Gasteiger partial charge in [-0.15, -0.1) is 0 Å². The number of aliphatic hydroxyl groups is 1. The Morgan fingerprint density at radius 3 is 2.68 bits per heavy atom. The highest BCUT2D eigenvalue weighted by molar-refractivity contribution is 5.93. The third kappa shape index (κ3) is 3.71. The number of likely N-dealkylation sites (N-methyl/N-ethyl adjacent to an activating group) is 1. The van der Waals surface area contributed by atoms with Gasteiger partial charge in [0.2, 0.25) is 0 Å². The summed E-state index contributed by atoms with van der Waals surface area (Å²) in [6.07, 6.45) is 0. The van der Waals surface area contributed by atoms with Crippen LogP contribution in [0.15, 0.2) is 34.9 Å². The van der Waals surface area contributed by atoms with Gasteiger partial charge in [-0.2, -0.15) is 0 Å². The summed E-state index contributed by atoms with van der Waals surface area (Å²) in [6, 6.07) is 7.52. The van der Waals surface area contributed by atoms with Gasteiger partial charge in [0.05, 0.1) is 11.2 Å². The molecule has 2 rings (SSSR count). The number of halogens is 1. The fraction of sp³-hybridized carbons (Fsp3) is 0.375. The molecule has 1 N–H and O–H groups in total. The van der Waals surface area contributed by atoms with Crippen LogP contribution in [-0.2, 0) is 0 Å². The third-order valence-corrected chi connectivity index (χ3v) is 3.12. The molecular weight excluding hydrogens is 287 g/mol. The van der Waals surface area contributed by atoms with Crippen LogP contribution in [0.5, 0.6) is 0 Å². The summed E-state index contributed by atoms with van der Waals surface area (Å²) in [5, 5.41) is 13.6. The Labute approximate surface area is 128 Å².